The second-order valence-electron chi connectivity index (χ2n) is 8.80. The molecule has 5 nitrogen and oxygen atoms in total. The fourth-order valence-corrected chi connectivity index (χ4v) is 6.14. The first-order valence-corrected chi connectivity index (χ1v) is 9.82. The molecule has 2 aromatic rings. The van der Waals surface area contributed by atoms with Crippen molar-refractivity contribution < 1.29 is 4.79 Å². The van der Waals surface area contributed by atoms with Crippen LogP contribution in [0.25, 0.3) is 11.3 Å². The van der Waals surface area contributed by atoms with Gasteiger partial charge in [-0.3, -0.25) is 14.5 Å². The Morgan fingerprint density at radius 1 is 1.19 bits per heavy atom. The van der Waals surface area contributed by atoms with Gasteiger partial charge in [0.25, 0.3) is 0 Å². The molecule has 1 N–H and O–H groups in total. The standard InChI is InChI=1S/C21H26N4O/c1-25-19(2-3-24-25)18-7-17(11-22-13-18)12-23-20(26)21-8-14-4-15(9-21)6-16(5-14)10-21/h2-3,7,11,13-16H,4-6,8-10,12H2,1H3,(H,23,26). The molecule has 4 aliphatic rings. The Labute approximate surface area is 154 Å². The van der Waals surface area contributed by atoms with E-state index in [4.69, 9.17) is 0 Å². The van der Waals surface area contributed by atoms with Gasteiger partial charge >= 0.3 is 0 Å². The molecule has 136 valence electrons. The van der Waals surface area contributed by atoms with Crippen LogP contribution in [0.3, 0.4) is 0 Å². The topological polar surface area (TPSA) is 59.8 Å². The third-order valence-corrected chi connectivity index (χ3v) is 6.88. The Morgan fingerprint density at radius 2 is 1.88 bits per heavy atom. The molecule has 0 radical (unpaired) electrons. The van der Waals surface area contributed by atoms with Gasteiger partial charge in [0, 0.05) is 43.2 Å². The minimum atomic E-state index is -0.0815. The summed E-state index contributed by atoms with van der Waals surface area (Å²) < 4.78 is 1.84. The average molecular weight is 350 g/mol. The Bertz CT molecular complexity index is 805. The normalized spacial score (nSPS) is 32.0. The number of pyridine rings is 1. The van der Waals surface area contributed by atoms with Gasteiger partial charge in [-0.1, -0.05) is 0 Å². The number of aryl methyl sites for hydroxylation is 1. The molecule has 2 heterocycles. The lowest BCUT2D eigenvalue weighted by Gasteiger charge is -2.55. The first-order chi connectivity index (χ1) is 12.6. The van der Waals surface area contributed by atoms with E-state index in [0.29, 0.717) is 6.54 Å². The average Bonchev–Trinajstić information content (AvgIpc) is 3.05. The molecular weight excluding hydrogens is 324 g/mol. The lowest BCUT2D eigenvalue weighted by atomic mass is 9.49. The Morgan fingerprint density at radius 3 is 2.50 bits per heavy atom. The molecule has 0 spiro atoms. The van der Waals surface area contributed by atoms with Gasteiger partial charge in [-0.25, -0.2) is 0 Å². The maximum absolute atomic E-state index is 13.1. The number of rotatable bonds is 4. The summed E-state index contributed by atoms with van der Waals surface area (Å²) in [4.78, 5) is 17.5. The molecule has 4 fully saturated rings. The van der Waals surface area contributed by atoms with Gasteiger partial charge in [0.2, 0.25) is 5.91 Å². The molecule has 6 rings (SSSR count). The number of nitrogens with one attached hydrogen (secondary N) is 1. The van der Waals surface area contributed by atoms with Crippen LogP contribution in [0.15, 0.2) is 30.7 Å². The zero-order valence-corrected chi connectivity index (χ0v) is 15.3. The third-order valence-electron chi connectivity index (χ3n) is 6.88. The second kappa shape index (κ2) is 5.93. The van der Waals surface area contributed by atoms with Gasteiger partial charge in [0.05, 0.1) is 5.69 Å². The summed E-state index contributed by atoms with van der Waals surface area (Å²) in [6.07, 6.45) is 12.9. The fourth-order valence-electron chi connectivity index (χ4n) is 6.14. The summed E-state index contributed by atoms with van der Waals surface area (Å²) in [5.74, 6) is 2.66. The highest BCUT2D eigenvalue weighted by Gasteiger charge is 2.54. The summed E-state index contributed by atoms with van der Waals surface area (Å²) in [5.41, 5.74) is 3.03. The third kappa shape index (κ3) is 2.65. The maximum Gasteiger partial charge on any atom is 0.226 e. The predicted molar refractivity (Wildman–Crippen MR) is 98.9 cm³/mol. The molecule has 0 aliphatic heterocycles. The van der Waals surface area contributed by atoms with E-state index in [1.165, 1.54) is 19.3 Å². The predicted octanol–water partition coefficient (Wildman–Crippen LogP) is 3.31. The van der Waals surface area contributed by atoms with Crippen LogP contribution in [-0.2, 0) is 18.4 Å². The van der Waals surface area contributed by atoms with Gasteiger partial charge < -0.3 is 5.32 Å². The number of aromatic nitrogens is 3. The van der Waals surface area contributed by atoms with Crippen LogP contribution in [-0.4, -0.2) is 20.7 Å². The van der Waals surface area contributed by atoms with Crippen LogP contribution in [0.4, 0.5) is 0 Å². The molecule has 1 amide bonds. The van der Waals surface area contributed by atoms with Crippen LogP contribution in [0, 0.1) is 23.2 Å². The van der Waals surface area contributed by atoms with Crippen molar-refractivity contribution in [3.05, 3.63) is 36.3 Å². The number of hydrogen-bond donors (Lipinski definition) is 1. The Hall–Kier alpha value is -2.17. The van der Waals surface area contributed by atoms with E-state index in [2.05, 4.69) is 21.5 Å². The highest BCUT2D eigenvalue weighted by molar-refractivity contribution is 5.83. The maximum atomic E-state index is 13.1. The van der Waals surface area contributed by atoms with Crippen molar-refractivity contribution in [3.8, 4) is 11.3 Å². The van der Waals surface area contributed by atoms with Crippen LogP contribution in [0.1, 0.15) is 44.1 Å². The van der Waals surface area contributed by atoms with Crippen molar-refractivity contribution in [3.63, 3.8) is 0 Å². The van der Waals surface area contributed by atoms with E-state index >= 15 is 0 Å². The largest absolute Gasteiger partial charge is 0.351 e. The van der Waals surface area contributed by atoms with E-state index in [1.807, 2.05) is 30.2 Å². The minimum Gasteiger partial charge on any atom is -0.351 e. The summed E-state index contributed by atoms with van der Waals surface area (Å²) in [6, 6.07) is 4.08. The fraction of sp³-hybridized carbons (Fsp3) is 0.571. The van der Waals surface area contributed by atoms with E-state index < -0.39 is 0 Å². The minimum absolute atomic E-state index is 0.0815. The number of carbonyl (C=O) groups is 1. The zero-order valence-electron chi connectivity index (χ0n) is 15.3. The van der Waals surface area contributed by atoms with E-state index in [-0.39, 0.29) is 11.3 Å². The van der Waals surface area contributed by atoms with Gasteiger partial charge in [-0.2, -0.15) is 5.10 Å². The highest BCUT2D eigenvalue weighted by atomic mass is 16.2. The smallest absolute Gasteiger partial charge is 0.226 e. The lowest BCUT2D eigenvalue weighted by molar-refractivity contribution is -0.146. The summed E-state index contributed by atoms with van der Waals surface area (Å²) in [5, 5.41) is 7.46. The molecule has 0 aromatic carbocycles. The molecule has 5 heteroatoms. The number of hydrogen-bond acceptors (Lipinski definition) is 3. The van der Waals surface area contributed by atoms with Crippen molar-refractivity contribution in [1.82, 2.24) is 20.1 Å². The lowest BCUT2D eigenvalue weighted by Crippen LogP contribution is -2.53. The van der Waals surface area contributed by atoms with Crippen LogP contribution >= 0.6 is 0 Å². The van der Waals surface area contributed by atoms with Crippen LogP contribution < -0.4 is 5.32 Å². The first-order valence-electron chi connectivity index (χ1n) is 9.82. The van der Waals surface area contributed by atoms with Crippen LogP contribution in [0.5, 0.6) is 0 Å². The molecule has 2 aromatic heterocycles. The van der Waals surface area contributed by atoms with Crippen molar-refractivity contribution in [2.24, 2.45) is 30.2 Å². The molecule has 4 saturated carbocycles. The van der Waals surface area contributed by atoms with Crippen molar-refractivity contribution in [2.75, 3.05) is 0 Å². The molecule has 0 atom stereocenters. The van der Waals surface area contributed by atoms with Gasteiger partial charge in [0.1, 0.15) is 0 Å². The number of amides is 1. The number of nitrogens with zero attached hydrogens (tertiary/aromatic N) is 3. The van der Waals surface area contributed by atoms with Gasteiger partial charge in [-0.05, 0) is 74.0 Å². The summed E-state index contributed by atoms with van der Waals surface area (Å²) >= 11 is 0. The van der Waals surface area contributed by atoms with Crippen LogP contribution in [0.2, 0.25) is 0 Å². The van der Waals surface area contributed by atoms with Crippen molar-refractivity contribution in [1.29, 1.82) is 0 Å². The van der Waals surface area contributed by atoms with E-state index in [9.17, 15) is 4.79 Å². The molecule has 4 aliphatic carbocycles. The van der Waals surface area contributed by atoms with Gasteiger partial charge in [-0.15, -0.1) is 0 Å². The monoisotopic (exact) mass is 350 g/mol. The van der Waals surface area contributed by atoms with E-state index in [0.717, 1.165) is 53.8 Å². The van der Waals surface area contributed by atoms with Gasteiger partial charge in [0.15, 0.2) is 0 Å². The van der Waals surface area contributed by atoms with E-state index in [1.54, 1.807) is 6.20 Å². The summed E-state index contributed by atoms with van der Waals surface area (Å²) in [7, 11) is 1.93. The molecule has 0 unspecified atom stereocenters. The molecule has 26 heavy (non-hydrogen) atoms. The first kappa shape index (κ1) is 16.0. The summed E-state index contributed by atoms with van der Waals surface area (Å²) in [6.45, 7) is 0.555. The molecule has 0 saturated heterocycles. The van der Waals surface area contributed by atoms with Crippen molar-refractivity contribution in [2.45, 2.75) is 45.1 Å². The number of carbonyl (C=O) groups excluding carboxylic acids is 1. The highest BCUT2D eigenvalue weighted by Crippen LogP contribution is 2.60. The second-order valence-corrected chi connectivity index (χ2v) is 8.80. The Balaban J connectivity index is 1.30. The molecular formula is C21H26N4O. The molecule has 4 bridgehead atoms. The Kier molecular flexibility index (Phi) is 3.66. The quantitative estimate of drug-likeness (QED) is 0.920. The van der Waals surface area contributed by atoms with Crippen molar-refractivity contribution >= 4 is 5.91 Å². The zero-order chi connectivity index (χ0) is 17.7. The SMILES string of the molecule is Cn1nccc1-c1cncc(CNC(=O)C23CC4CC(CC(C4)C2)C3)c1.